The molecular weight excluding hydrogens is 338 g/mol. The molecule has 5 nitrogen and oxygen atoms in total. The number of aryl methyl sites for hydroxylation is 2. The van der Waals surface area contributed by atoms with Crippen LogP contribution in [-0.4, -0.2) is 53.4 Å². The fourth-order valence-electron chi connectivity index (χ4n) is 3.68. The third-order valence-electron chi connectivity index (χ3n) is 5.36. The molecule has 5 heteroatoms. The van der Waals surface area contributed by atoms with Crippen LogP contribution in [0.25, 0.3) is 11.0 Å². The summed E-state index contributed by atoms with van der Waals surface area (Å²) >= 11 is 0. The van der Waals surface area contributed by atoms with Gasteiger partial charge in [0.15, 0.2) is 5.76 Å². The van der Waals surface area contributed by atoms with Gasteiger partial charge in [0.2, 0.25) is 0 Å². The molecule has 1 aromatic carbocycles. The van der Waals surface area contributed by atoms with Crippen molar-refractivity contribution in [3.05, 3.63) is 65.2 Å². The van der Waals surface area contributed by atoms with E-state index in [-0.39, 0.29) is 5.91 Å². The Morgan fingerprint density at radius 1 is 1.11 bits per heavy atom. The molecule has 0 atom stereocenters. The van der Waals surface area contributed by atoms with E-state index in [2.05, 4.69) is 28.9 Å². The molecule has 1 aliphatic heterocycles. The first-order valence-corrected chi connectivity index (χ1v) is 9.53. The SMILES string of the molecule is Cc1ccc2oc(C(=O)N3CCN(CCc4ccccn4)CC3)c(C)c2c1. The van der Waals surface area contributed by atoms with E-state index in [0.29, 0.717) is 5.76 Å². The summed E-state index contributed by atoms with van der Waals surface area (Å²) in [5, 5.41) is 1.03. The second-order valence-corrected chi connectivity index (χ2v) is 7.26. The second-order valence-electron chi connectivity index (χ2n) is 7.26. The minimum Gasteiger partial charge on any atom is -0.451 e. The molecule has 0 saturated carbocycles. The summed E-state index contributed by atoms with van der Waals surface area (Å²) < 4.78 is 5.89. The summed E-state index contributed by atoms with van der Waals surface area (Å²) in [4.78, 5) is 21.7. The predicted molar refractivity (Wildman–Crippen MR) is 106 cm³/mol. The van der Waals surface area contributed by atoms with Crippen molar-refractivity contribution < 1.29 is 9.21 Å². The molecule has 1 saturated heterocycles. The van der Waals surface area contributed by atoms with Gasteiger partial charge in [-0.2, -0.15) is 0 Å². The predicted octanol–water partition coefficient (Wildman–Crippen LogP) is 3.45. The van der Waals surface area contributed by atoms with E-state index >= 15 is 0 Å². The summed E-state index contributed by atoms with van der Waals surface area (Å²) in [5.41, 5.74) is 4.02. The summed E-state index contributed by atoms with van der Waals surface area (Å²) in [6.07, 6.45) is 2.78. The highest BCUT2D eigenvalue weighted by Gasteiger charge is 2.26. The van der Waals surface area contributed by atoms with Crippen LogP contribution in [0.5, 0.6) is 0 Å². The van der Waals surface area contributed by atoms with Crippen LogP contribution in [-0.2, 0) is 6.42 Å². The minimum atomic E-state index is 0.00530. The number of rotatable bonds is 4. The Morgan fingerprint density at radius 3 is 2.67 bits per heavy atom. The molecule has 1 aliphatic rings. The van der Waals surface area contributed by atoms with Gasteiger partial charge < -0.3 is 9.32 Å². The van der Waals surface area contributed by atoms with Gasteiger partial charge in [0.05, 0.1) is 0 Å². The fraction of sp³-hybridized carbons (Fsp3) is 0.364. The lowest BCUT2D eigenvalue weighted by molar-refractivity contribution is 0.0608. The van der Waals surface area contributed by atoms with Gasteiger partial charge in [-0.25, -0.2) is 0 Å². The maximum atomic E-state index is 13.0. The van der Waals surface area contributed by atoms with Crippen LogP contribution >= 0.6 is 0 Å². The molecule has 0 N–H and O–H groups in total. The Balaban J connectivity index is 1.38. The number of hydrogen-bond acceptors (Lipinski definition) is 4. The Hall–Kier alpha value is -2.66. The summed E-state index contributed by atoms with van der Waals surface area (Å²) in [6.45, 7) is 8.24. The molecule has 4 rings (SSSR count). The highest BCUT2D eigenvalue weighted by Crippen LogP contribution is 2.27. The Morgan fingerprint density at radius 2 is 1.93 bits per heavy atom. The molecule has 0 spiro atoms. The number of carbonyl (C=O) groups excluding carboxylic acids is 1. The van der Waals surface area contributed by atoms with Crippen LogP contribution in [0.15, 0.2) is 47.0 Å². The van der Waals surface area contributed by atoms with E-state index in [1.165, 1.54) is 5.56 Å². The molecule has 3 aromatic rings. The average Bonchev–Trinajstić information content (AvgIpc) is 3.03. The summed E-state index contributed by atoms with van der Waals surface area (Å²) in [6, 6.07) is 12.1. The number of amides is 1. The van der Waals surface area contributed by atoms with Crippen molar-refractivity contribution >= 4 is 16.9 Å². The van der Waals surface area contributed by atoms with Crippen molar-refractivity contribution in [2.75, 3.05) is 32.7 Å². The van der Waals surface area contributed by atoms with Gasteiger partial charge in [-0.05, 0) is 38.1 Å². The van der Waals surface area contributed by atoms with Gasteiger partial charge in [-0.3, -0.25) is 14.7 Å². The molecule has 1 fully saturated rings. The van der Waals surface area contributed by atoms with Gasteiger partial charge in [-0.15, -0.1) is 0 Å². The zero-order valence-electron chi connectivity index (χ0n) is 15.9. The van der Waals surface area contributed by atoms with E-state index in [4.69, 9.17) is 4.42 Å². The van der Waals surface area contributed by atoms with E-state index in [0.717, 1.165) is 61.4 Å². The standard InChI is InChI=1S/C22H25N3O2/c1-16-6-7-20-19(15-16)17(2)21(27-20)22(26)25-13-11-24(12-14-25)10-8-18-5-3-4-9-23-18/h3-7,9,15H,8,10-14H2,1-2H3. The number of carbonyl (C=O) groups is 1. The van der Waals surface area contributed by atoms with E-state index in [1.54, 1.807) is 0 Å². The molecule has 1 amide bonds. The van der Waals surface area contributed by atoms with Crippen LogP contribution in [0.3, 0.4) is 0 Å². The molecule has 27 heavy (non-hydrogen) atoms. The number of nitrogens with zero attached hydrogens (tertiary/aromatic N) is 3. The second kappa shape index (κ2) is 7.53. The molecule has 0 radical (unpaired) electrons. The minimum absolute atomic E-state index is 0.00530. The van der Waals surface area contributed by atoms with Crippen LogP contribution in [0.2, 0.25) is 0 Å². The topological polar surface area (TPSA) is 49.6 Å². The highest BCUT2D eigenvalue weighted by atomic mass is 16.3. The van der Waals surface area contributed by atoms with E-state index < -0.39 is 0 Å². The van der Waals surface area contributed by atoms with Crippen LogP contribution in [0.1, 0.15) is 27.4 Å². The van der Waals surface area contributed by atoms with Crippen LogP contribution in [0.4, 0.5) is 0 Å². The molecule has 0 bridgehead atoms. The van der Waals surface area contributed by atoms with Crippen molar-refractivity contribution in [3.63, 3.8) is 0 Å². The summed E-state index contributed by atoms with van der Waals surface area (Å²) in [7, 11) is 0. The number of piperazine rings is 1. The third-order valence-corrected chi connectivity index (χ3v) is 5.36. The maximum absolute atomic E-state index is 13.0. The third kappa shape index (κ3) is 3.74. The quantitative estimate of drug-likeness (QED) is 0.712. The number of furan rings is 1. The first-order valence-electron chi connectivity index (χ1n) is 9.53. The van der Waals surface area contributed by atoms with Crippen LogP contribution < -0.4 is 0 Å². The van der Waals surface area contributed by atoms with Gasteiger partial charge in [0.1, 0.15) is 5.58 Å². The number of fused-ring (bicyclic) bond motifs is 1. The fourth-order valence-corrected chi connectivity index (χ4v) is 3.68. The van der Waals surface area contributed by atoms with E-state index in [1.807, 2.05) is 42.3 Å². The molecular formula is C22H25N3O2. The smallest absolute Gasteiger partial charge is 0.289 e. The highest BCUT2D eigenvalue weighted by molar-refractivity contribution is 5.99. The lowest BCUT2D eigenvalue weighted by atomic mass is 10.1. The lowest BCUT2D eigenvalue weighted by Crippen LogP contribution is -2.49. The van der Waals surface area contributed by atoms with Gasteiger partial charge >= 0.3 is 0 Å². The number of pyridine rings is 1. The average molecular weight is 363 g/mol. The zero-order chi connectivity index (χ0) is 18.8. The zero-order valence-corrected chi connectivity index (χ0v) is 15.9. The largest absolute Gasteiger partial charge is 0.451 e. The Labute approximate surface area is 159 Å². The molecule has 0 unspecified atom stereocenters. The Kier molecular flexibility index (Phi) is 4.94. The van der Waals surface area contributed by atoms with E-state index in [9.17, 15) is 4.79 Å². The van der Waals surface area contributed by atoms with Crippen molar-refractivity contribution in [2.45, 2.75) is 20.3 Å². The maximum Gasteiger partial charge on any atom is 0.289 e. The van der Waals surface area contributed by atoms with Crippen molar-refractivity contribution in [3.8, 4) is 0 Å². The molecule has 3 heterocycles. The van der Waals surface area contributed by atoms with Crippen LogP contribution in [0, 0.1) is 13.8 Å². The van der Waals surface area contributed by atoms with Gasteiger partial charge in [-0.1, -0.05) is 17.7 Å². The number of benzene rings is 1. The van der Waals surface area contributed by atoms with Gasteiger partial charge in [0, 0.05) is 62.0 Å². The molecule has 0 aliphatic carbocycles. The summed E-state index contributed by atoms with van der Waals surface area (Å²) in [5.74, 6) is 0.489. The first-order chi connectivity index (χ1) is 13.1. The Bertz CT molecular complexity index is 941. The number of aromatic nitrogens is 1. The number of hydrogen-bond donors (Lipinski definition) is 0. The molecule has 140 valence electrons. The van der Waals surface area contributed by atoms with Gasteiger partial charge in [0.25, 0.3) is 5.91 Å². The lowest BCUT2D eigenvalue weighted by Gasteiger charge is -2.34. The van der Waals surface area contributed by atoms with Crippen molar-refractivity contribution in [2.24, 2.45) is 0 Å². The normalized spacial score (nSPS) is 15.4. The molecule has 2 aromatic heterocycles. The van der Waals surface area contributed by atoms with Crippen molar-refractivity contribution in [1.29, 1.82) is 0 Å². The monoisotopic (exact) mass is 363 g/mol. The first kappa shape index (κ1) is 17.7. The van der Waals surface area contributed by atoms with Crippen molar-refractivity contribution in [1.82, 2.24) is 14.8 Å².